The van der Waals surface area contributed by atoms with Crippen molar-refractivity contribution < 1.29 is 4.74 Å². The molecule has 1 unspecified atom stereocenters. The summed E-state index contributed by atoms with van der Waals surface area (Å²) in [7, 11) is 0. The molecule has 3 N–H and O–H groups in total. The van der Waals surface area contributed by atoms with Gasteiger partial charge in [0.05, 0.1) is 0 Å². The Bertz CT molecular complexity index is 452. The second-order valence-corrected chi connectivity index (χ2v) is 6.35. The third-order valence-corrected chi connectivity index (χ3v) is 4.72. The van der Waals surface area contributed by atoms with Gasteiger partial charge in [-0.2, -0.15) is 0 Å². The van der Waals surface area contributed by atoms with Crippen molar-refractivity contribution in [3.63, 3.8) is 0 Å². The van der Waals surface area contributed by atoms with E-state index in [-0.39, 0.29) is 0 Å². The van der Waals surface area contributed by atoms with E-state index in [1.165, 1.54) is 30.4 Å². The molecule has 0 radical (unpaired) electrons. The Morgan fingerprint density at radius 1 is 1.37 bits per heavy atom. The second kappa shape index (κ2) is 5.14. The predicted octanol–water partition coefficient (Wildman–Crippen LogP) is 2.66. The number of nitrogen functional groups attached to an aromatic ring is 1. The van der Waals surface area contributed by atoms with Crippen molar-refractivity contribution >= 4 is 5.69 Å². The van der Waals surface area contributed by atoms with Gasteiger partial charge in [-0.1, -0.05) is 13.0 Å². The molecule has 0 spiro atoms. The Balaban J connectivity index is 1.63. The van der Waals surface area contributed by atoms with Crippen LogP contribution in [-0.2, 0) is 11.2 Å². The summed E-state index contributed by atoms with van der Waals surface area (Å²) < 4.78 is 5.46. The second-order valence-electron chi connectivity index (χ2n) is 6.35. The first-order valence-corrected chi connectivity index (χ1v) is 7.36. The number of fused-ring (bicyclic) bond motifs is 1. The van der Waals surface area contributed by atoms with Crippen LogP contribution in [0.2, 0.25) is 0 Å². The number of benzene rings is 1. The first-order chi connectivity index (χ1) is 9.16. The summed E-state index contributed by atoms with van der Waals surface area (Å²) in [6.07, 6.45) is 4.69. The Morgan fingerprint density at radius 2 is 2.16 bits per heavy atom. The first kappa shape index (κ1) is 12.9. The van der Waals surface area contributed by atoms with Gasteiger partial charge in [-0.3, -0.25) is 0 Å². The highest BCUT2D eigenvalue weighted by Gasteiger charge is 2.29. The minimum Gasteiger partial charge on any atom is -0.399 e. The standard InChI is InChI=1S/C16H24N2O/c1-16(6-8-19-9-7-16)11-18-15-5-2-12-10-13(17)3-4-14(12)15/h3-4,10,15,18H,2,5-9,11,17H2,1H3. The third kappa shape index (κ3) is 2.77. The quantitative estimate of drug-likeness (QED) is 0.821. The molecular weight excluding hydrogens is 236 g/mol. The Morgan fingerprint density at radius 3 is 2.95 bits per heavy atom. The summed E-state index contributed by atoms with van der Waals surface area (Å²) in [5.74, 6) is 0. The van der Waals surface area contributed by atoms with Gasteiger partial charge in [0.1, 0.15) is 0 Å². The van der Waals surface area contributed by atoms with Crippen molar-refractivity contribution in [1.82, 2.24) is 5.32 Å². The molecule has 1 aromatic carbocycles. The van der Waals surface area contributed by atoms with E-state index in [0.29, 0.717) is 11.5 Å². The minimum absolute atomic E-state index is 0.398. The van der Waals surface area contributed by atoms with Gasteiger partial charge in [-0.15, -0.1) is 0 Å². The summed E-state index contributed by atoms with van der Waals surface area (Å²) in [6.45, 7) is 5.29. The molecule has 0 saturated carbocycles. The smallest absolute Gasteiger partial charge is 0.0471 e. The average molecular weight is 260 g/mol. The molecule has 0 bridgehead atoms. The van der Waals surface area contributed by atoms with E-state index >= 15 is 0 Å². The van der Waals surface area contributed by atoms with E-state index in [0.717, 1.165) is 31.9 Å². The van der Waals surface area contributed by atoms with E-state index in [2.05, 4.69) is 24.4 Å². The first-order valence-electron chi connectivity index (χ1n) is 7.36. The van der Waals surface area contributed by atoms with E-state index in [4.69, 9.17) is 10.5 Å². The van der Waals surface area contributed by atoms with Crippen LogP contribution in [-0.4, -0.2) is 19.8 Å². The molecule has 3 nitrogen and oxygen atoms in total. The molecule has 0 aromatic heterocycles. The van der Waals surface area contributed by atoms with Crippen LogP contribution in [0.4, 0.5) is 5.69 Å². The largest absolute Gasteiger partial charge is 0.399 e. The zero-order valence-electron chi connectivity index (χ0n) is 11.7. The summed E-state index contributed by atoms with van der Waals surface area (Å²) >= 11 is 0. The molecule has 0 amide bonds. The fourth-order valence-electron chi connectivity index (χ4n) is 3.26. The third-order valence-electron chi connectivity index (χ3n) is 4.72. The van der Waals surface area contributed by atoms with Crippen LogP contribution >= 0.6 is 0 Å². The molecule has 1 saturated heterocycles. The van der Waals surface area contributed by atoms with Crippen LogP contribution in [0, 0.1) is 5.41 Å². The van der Waals surface area contributed by atoms with Crippen molar-refractivity contribution in [2.75, 3.05) is 25.5 Å². The summed E-state index contributed by atoms with van der Waals surface area (Å²) in [6, 6.07) is 6.86. The molecule has 1 aliphatic heterocycles. The van der Waals surface area contributed by atoms with Crippen molar-refractivity contribution in [2.45, 2.75) is 38.6 Å². The van der Waals surface area contributed by atoms with Crippen molar-refractivity contribution in [2.24, 2.45) is 5.41 Å². The molecule has 3 rings (SSSR count). The SMILES string of the molecule is CC1(CNC2CCc3cc(N)ccc32)CCOCC1. The van der Waals surface area contributed by atoms with Crippen LogP contribution in [0.3, 0.4) is 0 Å². The van der Waals surface area contributed by atoms with Gasteiger partial charge < -0.3 is 15.8 Å². The summed E-state index contributed by atoms with van der Waals surface area (Å²) in [5.41, 5.74) is 10.0. The lowest BCUT2D eigenvalue weighted by Gasteiger charge is -2.34. The fraction of sp³-hybridized carbons (Fsp3) is 0.625. The molecule has 104 valence electrons. The number of ether oxygens (including phenoxy) is 1. The predicted molar refractivity (Wildman–Crippen MR) is 78.1 cm³/mol. The zero-order valence-corrected chi connectivity index (χ0v) is 11.7. The van der Waals surface area contributed by atoms with E-state index in [1.807, 2.05) is 6.07 Å². The van der Waals surface area contributed by atoms with Crippen LogP contribution < -0.4 is 11.1 Å². The number of anilines is 1. The van der Waals surface area contributed by atoms with Crippen LogP contribution in [0.5, 0.6) is 0 Å². The normalized spacial score (nSPS) is 25.2. The highest BCUT2D eigenvalue weighted by molar-refractivity contribution is 5.47. The Hall–Kier alpha value is -1.06. The molecule has 2 aliphatic rings. The lowest BCUT2D eigenvalue weighted by Crippen LogP contribution is -2.37. The number of rotatable bonds is 3. The summed E-state index contributed by atoms with van der Waals surface area (Å²) in [5, 5.41) is 3.77. The molecule has 1 fully saturated rings. The molecule has 19 heavy (non-hydrogen) atoms. The minimum atomic E-state index is 0.398. The lowest BCUT2D eigenvalue weighted by molar-refractivity contribution is 0.0229. The summed E-state index contributed by atoms with van der Waals surface area (Å²) in [4.78, 5) is 0. The average Bonchev–Trinajstić information content (AvgIpc) is 2.79. The number of nitrogens with two attached hydrogens (primary N) is 1. The monoisotopic (exact) mass is 260 g/mol. The molecule has 1 heterocycles. The van der Waals surface area contributed by atoms with Crippen LogP contribution in [0.1, 0.15) is 43.4 Å². The van der Waals surface area contributed by atoms with Gasteiger partial charge in [0.2, 0.25) is 0 Å². The highest BCUT2D eigenvalue weighted by Crippen LogP contribution is 2.34. The molecule has 1 aromatic rings. The molecule has 3 heteroatoms. The maximum Gasteiger partial charge on any atom is 0.0471 e. The van der Waals surface area contributed by atoms with Crippen LogP contribution in [0.15, 0.2) is 18.2 Å². The number of hydrogen-bond donors (Lipinski definition) is 2. The fourth-order valence-corrected chi connectivity index (χ4v) is 3.26. The van der Waals surface area contributed by atoms with Gasteiger partial charge in [-0.05, 0) is 54.4 Å². The number of nitrogens with one attached hydrogen (secondary N) is 1. The van der Waals surface area contributed by atoms with Gasteiger partial charge in [0.25, 0.3) is 0 Å². The maximum atomic E-state index is 5.85. The Labute approximate surface area is 115 Å². The van der Waals surface area contributed by atoms with Gasteiger partial charge >= 0.3 is 0 Å². The van der Waals surface area contributed by atoms with E-state index in [9.17, 15) is 0 Å². The maximum absolute atomic E-state index is 5.85. The Kier molecular flexibility index (Phi) is 3.50. The number of hydrogen-bond acceptors (Lipinski definition) is 3. The van der Waals surface area contributed by atoms with Crippen molar-refractivity contribution in [3.8, 4) is 0 Å². The zero-order chi connectivity index (χ0) is 13.3. The van der Waals surface area contributed by atoms with Gasteiger partial charge in [0.15, 0.2) is 0 Å². The molecule has 1 atom stereocenters. The molecule has 1 aliphatic carbocycles. The van der Waals surface area contributed by atoms with Crippen LogP contribution in [0.25, 0.3) is 0 Å². The van der Waals surface area contributed by atoms with Gasteiger partial charge in [-0.25, -0.2) is 0 Å². The van der Waals surface area contributed by atoms with Gasteiger partial charge in [0, 0.05) is 31.5 Å². The van der Waals surface area contributed by atoms with Crippen molar-refractivity contribution in [3.05, 3.63) is 29.3 Å². The highest BCUT2D eigenvalue weighted by atomic mass is 16.5. The van der Waals surface area contributed by atoms with E-state index in [1.54, 1.807) is 0 Å². The van der Waals surface area contributed by atoms with Crippen molar-refractivity contribution in [1.29, 1.82) is 0 Å². The van der Waals surface area contributed by atoms with E-state index < -0.39 is 0 Å². The molecular formula is C16H24N2O. The lowest BCUT2D eigenvalue weighted by atomic mass is 9.82. The number of aryl methyl sites for hydroxylation is 1. The topological polar surface area (TPSA) is 47.3 Å².